The Labute approximate surface area is 797 Å². The number of fused-ring (bicyclic) bond motifs is 1. The van der Waals surface area contributed by atoms with Gasteiger partial charge in [-0.25, -0.2) is 26.2 Å². The van der Waals surface area contributed by atoms with Crippen LogP contribution in [0.5, 0.6) is 11.5 Å². The number of amides is 5. The maximum atomic E-state index is 12.9. The summed E-state index contributed by atoms with van der Waals surface area (Å²) in [5.41, 5.74) is 28.4. The number of phenolic OH excluding ortho intramolecular Hbond substituents is 1. The number of halogens is 3. The zero-order chi connectivity index (χ0) is 97.0. The van der Waals surface area contributed by atoms with Crippen molar-refractivity contribution in [2.45, 2.75) is 132 Å². The van der Waals surface area contributed by atoms with Crippen LogP contribution in [-0.4, -0.2) is 149 Å². The molecule has 3 saturated heterocycles. The van der Waals surface area contributed by atoms with Gasteiger partial charge in [-0.1, -0.05) is 197 Å². The fourth-order valence-electron chi connectivity index (χ4n) is 15.3. The van der Waals surface area contributed by atoms with Crippen molar-refractivity contribution in [1.82, 2.24) is 24.4 Å². The molecule has 0 aliphatic carbocycles. The number of rotatable bonds is 23. The molecule has 5 amide bonds. The van der Waals surface area contributed by atoms with Gasteiger partial charge in [0.25, 0.3) is 0 Å². The normalized spacial score (nSPS) is 13.9. The molecule has 3 aliphatic heterocycles. The number of oxazole rings is 1. The Bertz CT molecular complexity index is 6200. The largest absolute Gasteiger partial charge is 0.507 e. The number of aromatic hydroxyl groups is 1. The summed E-state index contributed by atoms with van der Waals surface area (Å²) < 4.78 is 76.4. The molecule has 11 aromatic carbocycles. The van der Waals surface area contributed by atoms with Crippen LogP contribution < -0.4 is 46.3 Å². The molecule has 0 spiro atoms. The first-order valence-corrected chi connectivity index (χ1v) is 48.8. The molecule has 3 aliphatic rings. The van der Waals surface area contributed by atoms with Crippen molar-refractivity contribution >= 4 is 118 Å². The molecule has 0 radical (unpaired) electrons. The topological polar surface area (TPSA) is 317 Å². The number of primary amides is 1. The molecule has 1 atom stereocenters. The van der Waals surface area contributed by atoms with Crippen molar-refractivity contribution in [3.05, 3.63) is 320 Å². The quantitative estimate of drug-likeness (QED) is 0.0256. The Hall–Kier alpha value is -12.6. The Morgan fingerprint density at radius 3 is 1.63 bits per heavy atom. The molecule has 12 aromatic rings. The van der Waals surface area contributed by atoms with Gasteiger partial charge >= 0.3 is 0 Å². The predicted octanol–water partition coefficient (Wildman–Crippen LogP) is 19.0. The molecule has 29 heteroatoms. The molecule has 1 unspecified atom stereocenters. The molecular formula is C105H123Cl2FN12O12S2. The predicted molar refractivity (Wildman–Crippen MR) is 537 cm³/mol. The summed E-state index contributed by atoms with van der Waals surface area (Å²) in [7, 11) is -5.00. The van der Waals surface area contributed by atoms with Crippen molar-refractivity contribution in [3.63, 3.8) is 0 Å². The first-order chi connectivity index (χ1) is 63.8. The number of hydrogen-bond acceptors (Lipinski definition) is 17. The smallest absolute Gasteiger partial charge is 0.243 e. The van der Waals surface area contributed by atoms with E-state index in [1.165, 1.54) is 38.1 Å². The van der Waals surface area contributed by atoms with Crippen LogP contribution in [0.3, 0.4) is 0 Å². The summed E-state index contributed by atoms with van der Waals surface area (Å²) in [5, 5.41) is 20.3. The van der Waals surface area contributed by atoms with Gasteiger partial charge in [0.05, 0.1) is 69.1 Å². The second kappa shape index (κ2) is 48.9. The summed E-state index contributed by atoms with van der Waals surface area (Å²) in [5.74, 6) is 0.543. The molecular weight excluding hydrogens is 1780 g/mol. The van der Waals surface area contributed by atoms with Gasteiger partial charge in [-0.15, -0.1) is 0 Å². The van der Waals surface area contributed by atoms with E-state index in [9.17, 15) is 50.3 Å². The average Bonchev–Trinajstić information content (AvgIpc) is 1.60. The highest BCUT2D eigenvalue weighted by Gasteiger charge is 2.34. The third-order valence-electron chi connectivity index (χ3n) is 22.8. The molecule has 3 fully saturated rings. The lowest BCUT2D eigenvalue weighted by Gasteiger charge is -2.39. The van der Waals surface area contributed by atoms with E-state index in [1.807, 2.05) is 231 Å². The number of nitrogens with one attached hydrogen (secondary N) is 3. The number of carbonyl (C=O) groups excluding carboxylic acids is 5. The Kier molecular flexibility index (Phi) is 37.7. The number of nitrogen functional groups attached to an aromatic ring is 1. The highest BCUT2D eigenvalue weighted by molar-refractivity contribution is 7.92. The summed E-state index contributed by atoms with van der Waals surface area (Å²) in [6.45, 7) is 27.5. The second-order valence-corrected chi connectivity index (χ2v) is 39.1. The molecule has 4 heterocycles. The lowest BCUT2D eigenvalue weighted by atomic mass is 9.94. The van der Waals surface area contributed by atoms with Gasteiger partial charge in [0.15, 0.2) is 5.58 Å². The molecule has 708 valence electrons. The van der Waals surface area contributed by atoms with Crippen LogP contribution in [-0.2, 0) is 83.0 Å². The number of piperazine rings is 2. The lowest BCUT2D eigenvalue weighted by Crippen LogP contribution is -2.51. The van der Waals surface area contributed by atoms with E-state index in [0.29, 0.717) is 121 Å². The van der Waals surface area contributed by atoms with Gasteiger partial charge in [0, 0.05) is 101 Å². The number of anilines is 6. The average molecular weight is 1900 g/mol. The summed E-state index contributed by atoms with van der Waals surface area (Å²) >= 11 is 13.0. The van der Waals surface area contributed by atoms with Crippen LogP contribution >= 0.6 is 23.2 Å². The van der Waals surface area contributed by atoms with Gasteiger partial charge in [0.1, 0.15) is 29.4 Å². The van der Waals surface area contributed by atoms with Gasteiger partial charge in [-0.05, 0) is 225 Å². The van der Waals surface area contributed by atoms with Gasteiger partial charge in [-0.2, -0.15) is 4.31 Å². The van der Waals surface area contributed by atoms with E-state index in [1.54, 1.807) is 61.5 Å². The first-order valence-electron chi connectivity index (χ1n) is 44.8. The van der Waals surface area contributed by atoms with Gasteiger partial charge in [0.2, 0.25) is 55.5 Å². The maximum Gasteiger partial charge on any atom is 0.243 e. The van der Waals surface area contributed by atoms with E-state index >= 15 is 0 Å². The number of nitrogens with zero attached hydrogens (tertiary/aromatic N) is 7. The minimum Gasteiger partial charge on any atom is -0.507 e. The summed E-state index contributed by atoms with van der Waals surface area (Å²) in [6.07, 6.45) is 4.56. The highest BCUT2D eigenvalue weighted by atomic mass is 35.5. The maximum absolute atomic E-state index is 12.9. The minimum absolute atomic E-state index is 0.0725. The van der Waals surface area contributed by atoms with Crippen molar-refractivity contribution in [2.75, 3.05) is 109 Å². The number of phenols is 1. The van der Waals surface area contributed by atoms with Crippen LogP contribution in [0.15, 0.2) is 252 Å². The van der Waals surface area contributed by atoms with E-state index in [0.717, 1.165) is 112 Å². The van der Waals surface area contributed by atoms with Gasteiger partial charge in [-0.3, -0.25) is 28.3 Å². The molecule has 1 aromatic heterocycles. The molecule has 24 nitrogen and oxygen atoms in total. The monoisotopic (exact) mass is 1900 g/mol. The zero-order valence-corrected chi connectivity index (χ0v) is 81.4. The van der Waals surface area contributed by atoms with Crippen molar-refractivity contribution in [3.8, 4) is 23.0 Å². The number of carbonyl (C=O) groups is 5. The first kappa shape index (κ1) is 103. The number of hydrogen-bond donors (Lipinski definition) is 6. The molecule has 15 rings (SSSR count). The summed E-state index contributed by atoms with van der Waals surface area (Å²) in [6, 6.07) is 74.5. The SMILES string of the molecule is CC(C)(C)C(=O)N1CCN(c2ccc(NC(=O)Cc3ccccc3)cc2Cl)CC1.CCC(=O)N1CCN(c2ccc(NC(=O)Cc3ccccc3)cc2Cl)CC1.CCc1ccc(S(=O)(=O)N2CCCC(C(N)=O)C2)cc1.CNCc1cccc(OCc2ccccc2)c1.Cc1cc(C)c2oc(-c3cc(N)cc(C)c3O)nc2c1.Cc1ccc(N(Cc2ccc(F)cc2)S(C)(=O)=O)cc1C. The lowest BCUT2D eigenvalue weighted by molar-refractivity contribution is -0.139. The number of nitrogens with two attached hydrogens (primary N) is 2. The van der Waals surface area contributed by atoms with E-state index in [-0.39, 0.29) is 64.5 Å². The van der Waals surface area contributed by atoms with Crippen molar-refractivity contribution in [1.29, 1.82) is 0 Å². The van der Waals surface area contributed by atoms with Crippen LogP contribution in [0.1, 0.15) is 115 Å². The zero-order valence-electron chi connectivity index (χ0n) is 78.3. The number of sulfonamides is 2. The van der Waals surface area contributed by atoms with Crippen LogP contribution in [0.25, 0.3) is 22.6 Å². The number of aromatic nitrogens is 1. The van der Waals surface area contributed by atoms with Crippen LogP contribution in [0.2, 0.25) is 10.0 Å². The molecule has 134 heavy (non-hydrogen) atoms. The Morgan fingerprint density at radius 1 is 0.582 bits per heavy atom. The number of aryl methyl sites for hydroxylation is 6. The number of piperidine rings is 1. The third kappa shape index (κ3) is 30.4. The van der Waals surface area contributed by atoms with Gasteiger partial charge < -0.3 is 61.3 Å². The van der Waals surface area contributed by atoms with E-state index < -0.39 is 26.0 Å². The Morgan fingerprint density at radius 2 is 1.12 bits per heavy atom. The highest BCUT2D eigenvalue weighted by Crippen LogP contribution is 2.38. The number of ether oxygens (including phenoxy) is 1. The minimum atomic E-state index is -3.53. The van der Waals surface area contributed by atoms with Crippen molar-refractivity contribution < 1.29 is 59.5 Å². The third-order valence-corrected chi connectivity index (χ3v) is 26.4. The second-order valence-electron chi connectivity index (χ2n) is 34.4. The fourth-order valence-corrected chi connectivity index (χ4v) is 18.3. The van der Waals surface area contributed by atoms with Crippen LogP contribution in [0, 0.1) is 51.8 Å². The van der Waals surface area contributed by atoms with E-state index in [2.05, 4.69) is 55.0 Å². The molecule has 0 saturated carbocycles. The summed E-state index contributed by atoms with van der Waals surface area (Å²) in [4.78, 5) is 72.9. The van der Waals surface area contributed by atoms with E-state index in [4.69, 9.17) is 43.8 Å². The molecule has 8 N–H and O–H groups in total. The Balaban J connectivity index is 0.000000168. The van der Waals surface area contributed by atoms with Crippen molar-refractivity contribution in [2.24, 2.45) is 17.1 Å². The fraction of sp³-hybridized carbons (Fsp3) is 0.314. The molecule has 0 bridgehead atoms. The van der Waals surface area contributed by atoms with Crippen LogP contribution in [0.4, 0.5) is 38.5 Å². The number of benzene rings is 11. The standard InChI is InChI=1S/C23H28ClN3O2.C21H24ClN3O2.C16H18FNO2S.C16H16N2O2.C15H17NO.C14H20N2O3S/c1-23(2,3)22(29)27-13-11-26(12-14-27)20-10-9-18(16-19(20)24)25-21(28)15-17-7-5-4-6-8-17;1-2-21(27)25-12-10-24(11-13-25)19-9-8-17(15-18(19)22)23-20(26)14-16-6-4-3-5-7-16;1-12-4-9-16(10-13(12)2)18(21(3,19)20)11-14-5-7-15(17)8-6-14;1-8-4-10(3)15-13(5-8)18-16(20-15)12-7-11(17)6-9(2)14(12)19;1-16-11-14-8-5-9-15(10-14)17-12-13-6-3-2-4-7-13;1-2-11-5-7-13(8-6-11)20(18,19)16-9-3-4-12(10-16)14(15)17/h4-10,16H,11-15H2,1-3H3,(H,25,28);3-9,15H,2,10-14H2,1H3,(H,23,26);4-10H,11H2,1-3H3;4-7,19H,17H2,1-3H3;2-10,16H,11-12H2,1H3;5-8,12H,2-4,9-10H2,1H3,(H2,15,17).